The Balaban J connectivity index is 1.48. The summed E-state index contributed by atoms with van der Waals surface area (Å²) in [5.74, 6) is 0.0702. The first-order valence-electron chi connectivity index (χ1n) is 14.1. The summed E-state index contributed by atoms with van der Waals surface area (Å²) in [7, 11) is 0. The summed E-state index contributed by atoms with van der Waals surface area (Å²) >= 11 is 1.12. The molecule has 2 aliphatic heterocycles. The van der Waals surface area contributed by atoms with Gasteiger partial charge in [-0.3, -0.25) is 0 Å². The molecule has 0 saturated carbocycles. The molecule has 2 aromatic heterocycles. The van der Waals surface area contributed by atoms with Crippen molar-refractivity contribution in [1.82, 2.24) is 4.98 Å². The molecule has 0 N–H and O–H groups in total. The molecule has 4 aromatic rings. The fourth-order valence-electron chi connectivity index (χ4n) is 6.87. The van der Waals surface area contributed by atoms with Crippen LogP contribution in [0.1, 0.15) is 79.3 Å². The third kappa shape index (κ3) is 4.09. The number of benzene rings is 2. The number of thiazole rings is 1. The molecule has 4 nitrogen and oxygen atoms in total. The predicted octanol–water partition coefficient (Wildman–Crippen LogP) is 8.46. The van der Waals surface area contributed by atoms with Gasteiger partial charge in [0.25, 0.3) is 0 Å². The summed E-state index contributed by atoms with van der Waals surface area (Å²) < 4.78 is 51.3. The van der Waals surface area contributed by atoms with Gasteiger partial charge in [0.05, 0.1) is 16.1 Å². The zero-order valence-corrected chi connectivity index (χ0v) is 24.3. The first-order valence-corrected chi connectivity index (χ1v) is 14.9. The molecule has 0 radical (unpaired) electrons. The third-order valence-corrected chi connectivity index (χ3v) is 10.3. The Kier molecular flexibility index (Phi) is 5.69. The van der Waals surface area contributed by atoms with E-state index in [1.165, 1.54) is 0 Å². The lowest BCUT2D eigenvalue weighted by Gasteiger charge is -2.48. The fraction of sp³-hybridized carbons (Fsp3) is 0.394. The highest BCUT2D eigenvalue weighted by Crippen LogP contribution is 2.54. The minimum atomic E-state index is -4.78. The van der Waals surface area contributed by atoms with Crippen LogP contribution in [0.5, 0.6) is 0 Å². The van der Waals surface area contributed by atoms with Crippen molar-refractivity contribution < 1.29 is 17.6 Å². The number of fused-ring (bicyclic) bond motifs is 3. The van der Waals surface area contributed by atoms with E-state index >= 15 is 13.2 Å². The van der Waals surface area contributed by atoms with Gasteiger partial charge >= 0.3 is 11.8 Å². The molecule has 0 fully saturated rings. The lowest BCUT2D eigenvalue weighted by Crippen LogP contribution is -2.45. The molecule has 1 atom stereocenters. The predicted molar refractivity (Wildman–Crippen MR) is 158 cm³/mol. The number of halogens is 3. The van der Waals surface area contributed by atoms with E-state index in [2.05, 4.69) is 29.8 Å². The maximum absolute atomic E-state index is 15.1. The summed E-state index contributed by atoms with van der Waals surface area (Å²) in [4.78, 5) is 21.3. The van der Waals surface area contributed by atoms with Gasteiger partial charge in [0.2, 0.25) is 0 Å². The molecule has 1 unspecified atom stereocenters. The molecule has 0 saturated heterocycles. The summed E-state index contributed by atoms with van der Waals surface area (Å²) in [5, 5.41) is 0.0134. The fourth-order valence-corrected chi connectivity index (χ4v) is 7.91. The first kappa shape index (κ1) is 26.5. The first-order chi connectivity index (χ1) is 19.3. The number of allylic oxidation sites excluding steroid dienone is 1. The van der Waals surface area contributed by atoms with Crippen molar-refractivity contribution >= 4 is 34.1 Å². The number of hydrogen-bond donors (Lipinski definition) is 0. The van der Waals surface area contributed by atoms with Crippen LogP contribution in [0.25, 0.3) is 27.6 Å². The van der Waals surface area contributed by atoms with Crippen LogP contribution >= 0.6 is 11.3 Å². The zero-order valence-electron chi connectivity index (χ0n) is 23.5. The highest BCUT2D eigenvalue weighted by atomic mass is 32.1. The minimum absolute atomic E-state index is 0.0448. The molecule has 212 valence electrons. The van der Waals surface area contributed by atoms with E-state index in [-0.39, 0.29) is 27.3 Å². The average molecular weight is 577 g/mol. The van der Waals surface area contributed by atoms with Gasteiger partial charge in [-0.25, -0.2) is 9.78 Å². The second kappa shape index (κ2) is 8.81. The Morgan fingerprint density at radius 3 is 2.46 bits per heavy atom. The molecule has 41 heavy (non-hydrogen) atoms. The van der Waals surface area contributed by atoms with Gasteiger partial charge in [-0.2, -0.15) is 13.2 Å². The van der Waals surface area contributed by atoms with Crippen LogP contribution in [0.4, 0.5) is 18.9 Å². The van der Waals surface area contributed by atoms with Gasteiger partial charge in [-0.15, -0.1) is 11.3 Å². The van der Waals surface area contributed by atoms with Crippen LogP contribution in [0, 0.1) is 0 Å². The van der Waals surface area contributed by atoms with Crippen molar-refractivity contribution in [3.05, 3.63) is 85.7 Å². The monoisotopic (exact) mass is 576 g/mol. The molecule has 7 rings (SSSR count). The lowest BCUT2D eigenvalue weighted by molar-refractivity contribution is -0.136. The molecule has 0 bridgehead atoms. The Morgan fingerprint density at radius 1 is 1.05 bits per heavy atom. The van der Waals surface area contributed by atoms with Crippen LogP contribution in [0.2, 0.25) is 0 Å². The Bertz CT molecular complexity index is 1800. The normalized spacial score (nSPS) is 20.7. The maximum atomic E-state index is 15.1. The van der Waals surface area contributed by atoms with Crippen molar-refractivity contribution in [2.75, 3.05) is 18.0 Å². The number of anilines is 1. The van der Waals surface area contributed by atoms with Crippen molar-refractivity contribution in [3.8, 4) is 10.6 Å². The van der Waals surface area contributed by atoms with Gasteiger partial charge in [0.15, 0.2) is 0 Å². The highest BCUT2D eigenvalue weighted by molar-refractivity contribution is 7.16. The number of alkyl halides is 3. The van der Waals surface area contributed by atoms with E-state index in [0.717, 1.165) is 59.0 Å². The van der Waals surface area contributed by atoms with Gasteiger partial charge in [-0.05, 0) is 46.9 Å². The molecule has 0 amide bonds. The van der Waals surface area contributed by atoms with E-state index in [0.29, 0.717) is 17.7 Å². The van der Waals surface area contributed by atoms with E-state index in [4.69, 9.17) is 4.42 Å². The van der Waals surface area contributed by atoms with Crippen molar-refractivity contribution in [1.29, 1.82) is 0 Å². The summed E-state index contributed by atoms with van der Waals surface area (Å²) in [6.07, 6.45) is 1.34. The van der Waals surface area contributed by atoms with Gasteiger partial charge in [0, 0.05) is 42.1 Å². The van der Waals surface area contributed by atoms with Crippen LogP contribution in [0.3, 0.4) is 0 Å². The Hall–Kier alpha value is -3.39. The topological polar surface area (TPSA) is 46.3 Å². The molecular weight excluding hydrogens is 545 g/mol. The van der Waals surface area contributed by atoms with E-state index in [1.807, 2.05) is 50.3 Å². The largest absolute Gasteiger partial charge is 0.422 e. The molecule has 1 aliphatic carbocycles. The second-order valence-electron chi connectivity index (χ2n) is 12.8. The maximum Gasteiger partial charge on any atom is 0.418 e. The van der Waals surface area contributed by atoms with Gasteiger partial charge < -0.3 is 9.32 Å². The third-order valence-electron chi connectivity index (χ3n) is 9.25. The molecule has 3 aliphatic rings. The van der Waals surface area contributed by atoms with Crippen molar-refractivity contribution in [2.45, 2.75) is 69.9 Å². The minimum Gasteiger partial charge on any atom is -0.422 e. The van der Waals surface area contributed by atoms with Crippen LogP contribution in [0.15, 0.2) is 51.7 Å². The quantitative estimate of drug-likeness (QED) is 0.225. The van der Waals surface area contributed by atoms with Gasteiger partial charge in [-0.1, -0.05) is 64.1 Å². The smallest absolute Gasteiger partial charge is 0.418 e. The number of hydrogen-bond acceptors (Lipinski definition) is 5. The van der Waals surface area contributed by atoms with Crippen molar-refractivity contribution in [3.63, 3.8) is 0 Å². The molecule has 0 spiro atoms. The van der Waals surface area contributed by atoms with Crippen molar-refractivity contribution in [2.24, 2.45) is 0 Å². The number of rotatable bonds is 2. The molecule has 4 heterocycles. The average Bonchev–Trinajstić information content (AvgIpc) is 3.33. The Labute approximate surface area is 240 Å². The Morgan fingerprint density at radius 2 is 1.76 bits per heavy atom. The highest BCUT2D eigenvalue weighted by Gasteiger charge is 2.46. The zero-order chi connectivity index (χ0) is 28.9. The second-order valence-corrected chi connectivity index (χ2v) is 13.9. The number of aromatic nitrogens is 1. The van der Waals surface area contributed by atoms with Crippen LogP contribution in [-0.4, -0.2) is 18.1 Å². The summed E-state index contributed by atoms with van der Waals surface area (Å²) in [6, 6.07) is 11.6. The van der Waals surface area contributed by atoms with E-state index in [1.54, 1.807) is 6.07 Å². The summed E-state index contributed by atoms with van der Waals surface area (Å²) in [5.41, 5.74) is 1.23. The lowest BCUT2D eigenvalue weighted by atomic mass is 9.69. The SMILES string of the molecule is CC1(C)CCN2CCC(C)(C)c3c2c1cc1c(C(F)(F)F)c(-c2nc4c(s2)C=CC(c2ccccc2)C4)c(=O)oc31. The summed E-state index contributed by atoms with van der Waals surface area (Å²) in [6.45, 7) is 9.89. The number of nitrogens with zero attached hydrogens (tertiary/aromatic N) is 2. The van der Waals surface area contributed by atoms with Crippen LogP contribution in [-0.2, 0) is 23.4 Å². The molecule has 8 heteroatoms. The van der Waals surface area contributed by atoms with Crippen LogP contribution < -0.4 is 10.5 Å². The molecular formula is C33H31F3N2O2S. The standard InChI is InChI=1S/C33H31F3N2O2S/c1-31(2)12-14-38-15-13-32(3,4)26-27(38)21(31)17-20-25(33(34,35)36)24(30(39)40-28(20)26)29-37-22-16-19(10-11-23(22)41-29)18-8-6-5-7-9-18/h5-11,17,19H,12-16H2,1-4H3. The van der Waals surface area contributed by atoms with E-state index < -0.39 is 28.3 Å². The van der Waals surface area contributed by atoms with Gasteiger partial charge in [0.1, 0.15) is 16.2 Å². The molecule has 2 aromatic carbocycles. The van der Waals surface area contributed by atoms with E-state index in [9.17, 15) is 4.79 Å².